The summed E-state index contributed by atoms with van der Waals surface area (Å²) in [6, 6.07) is 10.4. The van der Waals surface area contributed by atoms with Gasteiger partial charge in [0.2, 0.25) is 0 Å². The predicted molar refractivity (Wildman–Crippen MR) is 86.9 cm³/mol. The van der Waals surface area contributed by atoms with Crippen LogP contribution in [0.2, 0.25) is 0 Å². The van der Waals surface area contributed by atoms with Gasteiger partial charge in [-0.3, -0.25) is 0 Å². The van der Waals surface area contributed by atoms with Crippen molar-refractivity contribution in [3.8, 4) is 0 Å². The van der Waals surface area contributed by atoms with Gasteiger partial charge in [-0.05, 0) is 33.4 Å². The van der Waals surface area contributed by atoms with Gasteiger partial charge in [-0.2, -0.15) is 0 Å². The number of fused-ring (bicyclic) bond motifs is 1. The summed E-state index contributed by atoms with van der Waals surface area (Å²) in [7, 11) is 0. The summed E-state index contributed by atoms with van der Waals surface area (Å²) >= 11 is 13.1. The van der Waals surface area contributed by atoms with E-state index in [1.165, 1.54) is 10.4 Å². The van der Waals surface area contributed by atoms with Crippen LogP contribution in [-0.4, -0.2) is 9.29 Å². The second kappa shape index (κ2) is 5.87. The Hall–Kier alpha value is -0.490. The topological polar surface area (TPSA) is 16.1 Å². The van der Waals surface area contributed by atoms with E-state index >= 15 is 0 Å². The highest BCUT2D eigenvalue weighted by atomic mass is 79.9. The van der Waals surface area contributed by atoms with E-state index in [4.69, 9.17) is 11.6 Å². The SMILES string of the molecule is ClC1=CN(SCc2ccccc2)Cc2sc(Br)nc21. The van der Waals surface area contributed by atoms with Crippen LogP contribution in [0.25, 0.3) is 5.03 Å². The highest BCUT2D eigenvalue weighted by molar-refractivity contribution is 9.11. The highest BCUT2D eigenvalue weighted by Gasteiger charge is 2.20. The van der Waals surface area contributed by atoms with Gasteiger partial charge >= 0.3 is 0 Å². The third kappa shape index (κ3) is 3.16. The Balaban J connectivity index is 1.69. The largest absolute Gasteiger partial charge is 0.316 e. The third-order valence-corrected chi connectivity index (χ3v) is 5.49. The van der Waals surface area contributed by atoms with Crippen molar-refractivity contribution in [3.63, 3.8) is 0 Å². The fraction of sp³-hybridized carbons (Fsp3) is 0.154. The van der Waals surface area contributed by atoms with Crippen LogP contribution in [0.4, 0.5) is 0 Å². The predicted octanol–water partition coefficient (Wildman–Crippen LogP) is 5.11. The minimum absolute atomic E-state index is 0.712. The number of aromatic nitrogens is 1. The van der Waals surface area contributed by atoms with Crippen molar-refractivity contribution in [1.29, 1.82) is 0 Å². The van der Waals surface area contributed by atoms with E-state index in [0.29, 0.717) is 5.03 Å². The summed E-state index contributed by atoms with van der Waals surface area (Å²) in [4.78, 5) is 5.59. The van der Waals surface area contributed by atoms with E-state index in [1.54, 1.807) is 23.3 Å². The number of thiazole rings is 1. The molecule has 1 aromatic heterocycles. The molecule has 3 rings (SSSR count). The summed E-state index contributed by atoms with van der Waals surface area (Å²) in [5.74, 6) is 0.941. The van der Waals surface area contributed by atoms with Crippen LogP contribution in [0.3, 0.4) is 0 Å². The molecule has 0 N–H and O–H groups in total. The Morgan fingerprint density at radius 1 is 1.37 bits per heavy atom. The summed E-state index contributed by atoms with van der Waals surface area (Å²) < 4.78 is 3.06. The van der Waals surface area contributed by atoms with Crippen LogP contribution in [0, 0.1) is 0 Å². The van der Waals surface area contributed by atoms with Crippen molar-refractivity contribution in [3.05, 3.63) is 56.6 Å². The van der Waals surface area contributed by atoms with Crippen LogP contribution in [0.5, 0.6) is 0 Å². The van der Waals surface area contributed by atoms with Crippen molar-refractivity contribution in [2.45, 2.75) is 12.3 Å². The van der Waals surface area contributed by atoms with Gasteiger partial charge in [0.05, 0.1) is 16.5 Å². The van der Waals surface area contributed by atoms with Crippen LogP contribution in [-0.2, 0) is 12.3 Å². The van der Waals surface area contributed by atoms with E-state index in [0.717, 1.165) is 21.9 Å². The number of rotatable bonds is 3. The fourth-order valence-electron chi connectivity index (χ4n) is 1.81. The average molecular weight is 374 g/mol. The van der Waals surface area contributed by atoms with Crippen LogP contribution >= 0.6 is 50.8 Å². The fourth-order valence-corrected chi connectivity index (χ4v) is 4.74. The molecular formula is C13H10BrClN2S2. The lowest BCUT2D eigenvalue weighted by molar-refractivity contribution is 0.617. The van der Waals surface area contributed by atoms with Gasteiger partial charge in [-0.15, -0.1) is 11.3 Å². The molecule has 0 saturated carbocycles. The Morgan fingerprint density at radius 2 is 2.16 bits per heavy atom. The number of hydrogen-bond donors (Lipinski definition) is 0. The second-order valence-electron chi connectivity index (χ2n) is 4.05. The molecule has 6 heteroatoms. The molecule has 0 spiro atoms. The highest BCUT2D eigenvalue weighted by Crippen LogP contribution is 2.37. The smallest absolute Gasteiger partial charge is 0.160 e. The molecule has 0 amide bonds. The van der Waals surface area contributed by atoms with Gasteiger partial charge in [-0.25, -0.2) is 4.98 Å². The maximum absolute atomic E-state index is 6.27. The van der Waals surface area contributed by atoms with Crippen LogP contribution in [0.1, 0.15) is 16.1 Å². The molecule has 19 heavy (non-hydrogen) atoms. The van der Waals surface area contributed by atoms with Gasteiger partial charge in [0, 0.05) is 12.0 Å². The van der Waals surface area contributed by atoms with Crippen LogP contribution < -0.4 is 0 Å². The van der Waals surface area contributed by atoms with Gasteiger partial charge in [-0.1, -0.05) is 41.9 Å². The monoisotopic (exact) mass is 372 g/mol. The lowest BCUT2D eigenvalue weighted by Crippen LogP contribution is -2.12. The Labute approximate surface area is 133 Å². The zero-order valence-electron chi connectivity index (χ0n) is 9.85. The van der Waals surface area contributed by atoms with Crippen molar-refractivity contribution in [1.82, 2.24) is 9.29 Å². The number of halogens is 2. The van der Waals surface area contributed by atoms with Crippen LogP contribution in [0.15, 0.2) is 40.4 Å². The molecule has 98 valence electrons. The molecule has 2 heterocycles. The molecule has 0 atom stereocenters. The molecule has 1 aliphatic rings. The van der Waals surface area contributed by atoms with Crippen molar-refractivity contribution >= 4 is 55.8 Å². The molecule has 2 nitrogen and oxygen atoms in total. The molecule has 0 aliphatic carbocycles. The quantitative estimate of drug-likeness (QED) is 0.696. The Kier molecular flexibility index (Phi) is 4.17. The summed E-state index contributed by atoms with van der Waals surface area (Å²) in [5, 5.41) is 0.712. The maximum atomic E-state index is 6.27. The average Bonchev–Trinajstić information content (AvgIpc) is 2.79. The minimum Gasteiger partial charge on any atom is -0.316 e. The lowest BCUT2D eigenvalue weighted by atomic mass is 10.2. The summed E-state index contributed by atoms with van der Waals surface area (Å²) in [5.41, 5.74) is 2.23. The summed E-state index contributed by atoms with van der Waals surface area (Å²) in [6.07, 6.45) is 1.96. The van der Waals surface area contributed by atoms with E-state index in [9.17, 15) is 0 Å². The van der Waals surface area contributed by atoms with E-state index < -0.39 is 0 Å². The molecule has 1 aromatic carbocycles. The van der Waals surface area contributed by atoms with Crippen molar-refractivity contribution < 1.29 is 0 Å². The first-order valence-corrected chi connectivity index (χ1v) is 8.62. The van der Waals surface area contributed by atoms with Gasteiger partial charge in [0.1, 0.15) is 5.69 Å². The molecule has 0 fully saturated rings. The standard InChI is InChI=1S/C13H10BrClN2S2/c14-13-16-12-10(15)6-17(7-11(12)19-13)18-8-9-4-2-1-3-5-9/h1-6H,7-8H2. The van der Waals surface area contributed by atoms with Crippen molar-refractivity contribution in [2.24, 2.45) is 0 Å². The first kappa shape index (κ1) is 13.5. The molecule has 0 unspecified atom stereocenters. The van der Waals surface area contributed by atoms with Gasteiger partial charge in [0.25, 0.3) is 0 Å². The lowest BCUT2D eigenvalue weighted by Gasteiger charge is -2.22. The van der Waals surface area contributed by atoms with Crippen molar-refractivity contribution in [2.75, 3.05) is 0 Å². The number of benzene rings is 1. The Bertz CT molecular complexity index is 612. The van der Waals surface area contributed by atoms with E-state index in [2.05, 4.69) is 49.5 Å². The molecule has 0 bridgehead atoms. The first-order valence-electron chi connectivity index (χ1n) is 5.69. The van der Waals surface area contributed by atoms with Gasteiger partial charge in [0.15, 0.2) is 3.92 Å². The number of nitrogens with zero attached hydrogens (tertiary/aromatic N) is 2. The van der Waals surface area contributed by atoms with E-state index in [-0.39, 0.29) is 0 Å². The Morgan fingerprint density at radius 3 is 2.95 bits per heavy atom. The first-order chi connectivity index (χ1) is 9.22. The number of hydrogen-bond acceptors (Lipinski definition) is 4. The zero-order chi connectivity index (χ0) is 13.2. The molecule has 0 saturated heterocycles. The molecule has 1 aliphatic heterocycles. The maximum Gasteiger partial charge on any atom is 0.160 e. The third-order valence-electron chi connectivity index (χ3n) is 2.69. The molecule has 0 radical (unpaired) electrons. The molecular weight excluding hydrogens is 364 g/mol. The van der Waals surface area contributed by atoms with E-state index in [1.807, 2.05) is 12.3 Å². The molecule has 2 aromatic rings. The normalized spacial score (nSPS) is 14.2. The summed E-state index contributed by atoms with van der Waals surface area (Å²) in [6.45, 7) is 0.853. The zero-order valence-corrected chi connectivity index (χ0v) is 13.8. The van der Waals surface area contributed by atoms with Gasteiger partial charge < -0.3 is 4.31 Å². The minimum atomic E-state index is 0.712. The second-order valence-corrected chi connectivity index (χ2v) is 7.83.